The van der Waals surface area contributed by atoms with Gasteiger partial charge in [0.1, 0.15) is 0 Å². The van der Waals surface area contributed by atoms with Crippen molar-refractivity contribution in [3.8, 4) is 0 Å². The summed E-state index contributed by atoms with van der Waals surface area (Å²) in [6, 6.07) is 17.1. The van der Waals surface area contributed by atoms with E-state index < -0.39 is 9.84 Å². The van der Waals surface area contributed by atoms with Crippen LogP contribution in [0.1, 0.15) is 25.3 Å². The highest BCUT2D eigenvalue weighted by molar-refractivity contribution is 7.90. The van der Waals surface area contributed by atoms with E-state index in [1.165, 1.54) is 6.26 Å². The van der Waals surface area contributed by atoms with Crippen LogP contribution in [0.15, 0.2) is 59.5 Å². The lowest BCUT2D eigenvalue weighted by Crippen LogP contribution is -2.48. The van der Waals surface area contributed by atoms with Crippen LogP contribution in [-0.2, 0) is 21.1 Å². The van der Waals surface area contributed by atoms with E-state index >= 15 is 0 Å². The lowest BCUT2D eigenvalue weighted by Gasteiger charge is -2.38. The SMILES string of the molecule is CCN(C(=O)Cc1ccc(S(C)(=O)=O)cc1)C1CCN(CCNc2ccccc2)CC1. The van der Waals surface area contributed by atoms with Gasteiger partial charge in [0.25, 0.3) is 0 Å². The first-order valence-electron chi connectivity index (χ1n) is 11.0. The van der Waals surface area contributed by atoms with Crippen LogP contribution in [0.5, 0.6) is 0 Å². The molecule has 1 N–H and O–H groups in total. The fourth-order valence-corrected chi connectivity index (χ4v) is 4.77. The number of anilines is 1. The summed E-state index contributed by atoms with van der Waals surface area (Å²) < 4.78 is 23.2. The third kappa shape index (κ3) is 6.80. The van der Waals surface area contributed by atoms with Gasteiger partial charge in [0, 0.05) is 50.7 Å². The van der Waals surface area contributed by atoms with Crippen molar-refractivity contribution in [3.05, 3.63) is 60.2 Å². The third-order valence-electron chi connectivity index (χ3n) is 5.90. The molecule has 2 aromatic carbocycles. The standard InChI is InChI=1S/C24H33N3O3S/c1-3-27(24(28)19-20-9-11-23(12-10-20)31(2,29)30)22-13-16-26(17-14-22)18-15-25-21-7-5-4-6-8-21/h4-12,22,25H,3,13-19H2,1-2H3. The number of likely N-dealkylation sites (tertiary alicyclic amines) is 1. The number of para-hydroxylation sites is 1. The number of sulfone groups is 1. The normalized spacial score (nSPS) is 15.5. The zero-order chi connectivity index (χ0) is 22.3. The van der Waals surface area contributed by atoms with Crippen LogP contribution in [0.2, 0.25) is 0 Å². The van der Waals surface area contributed by atoms with Gasteiger partial charge in [-0.15, -0.1) is 0 Å². The maximum absolute atomic E-state index is 12.9. The third-order valence-corrected chi connectivity index (χ3v) is 7.03. The number of rotatable bonds is 9. The summed E-state index contributed by atoms with van der Waals surface area (Å²) >= 11 is 0. The van der Waals surface area contributed by atoms with Gasteiger partial charge >= 0.3 is 0 Å². The van der Waals surface area contributed by atoms with Crippen LogP contribution < -0.4 is 5.32 Å². The van der Waals surface area contributed by atoms with E-state index in [9.17, 15) is 13.2 Å². The predicted molar refractivity (Wildman–Crippen MR) is 125 cm³/mol. The van der Waals surface area contributed by atoms with E-state index in [-0.39, 0.29) is 16.8 Å². The Hall–Kier alpha value is -2.38. The van der Waals surface area contributed by atoms with E-state index in [0.717, 1.165) is 50.3 Å². The van der Waals surface area contributed by atoms with Crippen molar-refractivity contribution >= 4 is 21.4 Å². The first-order valence-corrected chi connectivity index (χ1v) is 12.9. The summed E-state index contributed by atoms with van der Waals surface area (Å²) in [6.45, 7) is 6.62. The van der Waals surface area contributed by atoms with Gasteiger partial charge in [0.2, 0.25) is 5.91 Å². The molecule has 6 nitrogen and oxygen atoms in total. The maximum Gasteiger partial charge on any atom is 0.227 e. The molecular weight excluding hydrogens is 410 g/mol. The summed E-state index contributed by atoms with van der Waals surface area (Å²) in [6.07, 6.45) is 3.46. The Morgan fingerprint density at radius 3 is 2.29 bits per heavy atom. The molecule has 1 amide bonds. The molecule has 31 heavy (non-hydrogen) atoms. The zero-order valence-electron chi connectivity index (χ0n) is 18.5. The molecule has 0 unspecified atom stereocenters. The summed E-state index contributed by atoms with van der Waals surface area (Å²) in [5.74, 6) is 0.110. The van der Waals surface area contributed by atoms with Crippen molar-refractivity contribution in [2.75, 3.05) is 44.3 Å². The molecule has 0 saturated carbocycles. The average molecular weight is 444 g/mol. The number of carbonyl (C=O) groups is 1. The molecule has 1 heterocycles. The number of nitrogens with one attached hydrogen (secondary N) is 1. The van der Waals surface area contributed by atoms with Crippen molar-refractivity contribution in [1.29, 1.82) is 0 Å². The average Bonchev–Trinajstić information content (AvgIpc) is 2.76. The number of nitrogens with zero attached hydrogens (tertiary/aromatic N) is 2. The Kier molecular flexibility index (Phi) is 8.09. The van der Waals surface area contributed by atoms with Crippen molar-refractivity contribution < 1.29 is 13.2 Å². The second kappa shape index (κ2) is 10.8. The molecule has 0 atom stereocenters. The topological polar surface area (TPSA) is 69.7 Å². The fraction of sp³-hybridized carbons (Fsp3) is 0.458. The smallest absolute Gasteiger partial charge is 0.227 e. The molecule has 0 aliphatic carbocycles. The van der Waals surface area contributed by atoms with Crippen molar-refractivity contribution in [3.63, 3.8) is 0 Å². The molecule has 0 bridgehead atoms. The van der Waals surface area contributed by atoms with E-state index in [2.05, 4.69) is 22.3 Å². The zero-order valence-corrected chi connectivity index (χ0v) is 19.3. The van der Waals surface area contributed by atoms with Crippen LogP contribution in [0.25, 0.3) is 0 Å². The molecule has 3 rings (SSSR count). The van der Waals surface area contributed by atoms with Crippen LogP contribution in [-0.4, -0.2) is 69.1 Å². The highest BCUT2D eigenvalue weighted by Crippen LogP contribution is 2.19. The van der Waals surface area contributed by atoms with Crippen LogP contribution in [0, 0.1) is 0 Å². The predicted octanol–water partition coefficient (Wildman–Crippen LogP) is 3.06. The molecular formula is C24H33N3O3S. The monoisotopic (exact) mass is 443 g/mol. The number of hydrogen-bond acceptors (Lipinski definition) is 5. The summed E-state index contributed by atoms with van der Waals surface area (Å²) in [4.78, 5) is 17.6. The molecule has 0 spiro atoms. The van der Waals surface area contributed by atoms with Gasteiger partial charge < -0.3 is 15.1 Å². The largest absolute Gasteiger partial charge is 0.384 e. The second-order valence-electron chi connectivity index (χ2n) is 8.14. The molecule has 0 radical (unpaired) electrons. The number of carbonyl (C=O) groups excluding carboxylic acids is 1. The van der Waals surface area contributed by atoms with Gasteiger partial charge in [0.05, 0.1) is 11.3 Å². The second-order valence-corrected chi connectivity index (χ2v) is 10.2. The molecule has 1 aliphatic rings. The molecule has 1 saturated heterocycles. The van der Waals surface area contributed by atoms with E-state index in [1.54, 1.807) is 24.3 Å². The van der Waals surface area contributed by atoms with Crippen molar-refractivity contribution in [2.24, 2.45) is 0 Å². The number of amides is 1. The van der Waals surface area contributed by atoms with Gasteiger partial charge in [-0.05, 0) is 49.6 Å². The van der Waals surface area contributed by atoms with Gasteiger partial charge in [-0.25, -0.2) is 8.42 Å². The minimum atomic E-state index is -3.22. The molecule has 2 aromatic rings. The van der Waals surface area contributed by atoms with Crippen molar-refractivity contribution in [1.82, 2.24) is 9.80 Å². The minimum absolute atomic E-state index is 0.110. The van der Waals surface area contributed by atoms with Crippen LogP contribution in [0.3, 0.4) is 0 Å². The van der Waals surface area contributed by atoms with Crippen molar-refractivity contribution in [2.45, 2.75) is 37.1 Å². The highest BCUT2D eigenvalue weighted by Gasteiger charge is 2.26. The van der Waals surface area contributed by atoms with E-state index in [0.29, 0.717) is 13.0 Å². The quantitative estimate of drug-likeness (QED) is 0.645. The number of piperidine rings is 1. The molecule has 7 heteroatoms. The Morgan fingerprint density at radius 2 is 1.71 bits per heavy atom. The Labute approximate surface area is 186 Å². The highest BCUT2D eigenvalue weighted by atomic mass is 32.2. The Bertz CT molecular complexity index is 938. The van der Waals surface area contributed by atoms with Gasteiger partial charge in [0.15, 0.2) is 9.84 Å². The first-order chi connectivity index (χ1) is 14.9. The fourth-order valence-electron chi connectivity index (χ4n) is 4.14. The van der Waals surface area contributed by atoms with Gasteiger partial charge in [-0.1, -0.05) is 30.3 Å². The molecule has 168 valence electrons. The maximum atomic E-state index is 12.9. The lowest BCUT2D eigenvalue weighted by molar-refractivity contribution is -0.133. The van der Waals surface area contributed by atoms with Gasteiger partial charge in [-0.2, -0.15) is 0 Å². The van der Waals surface area contributed by atoms with E-state index in [4.69, 9.17) is 0 Å². The van der Waals surface area contributed by atoms with Gasteiger partial charge in [-0.3, -0.25) is 4.79 Å². The van der Waals surface area contributed by atoms with Crippen LogP contribution in [0.4, 0.5) is 5.69 Å². The minimum Gasteiger partial charge on any atom is -0.384 e. The lowest BCUT2D eigenvalue weighted by atomic mass is 10.0. The van der Waals surface area contributed by atoms with Crippen LogP contribution >= 0.6 is 0 Å². The molecule has 1 aliphatic heterocycles. The number of benzene rings is 2. The summed E-state index contributed by atoms with van der Waals surface area (Å²) in [7, 11) is -3.22. The number of hydrogen-bond donors (Lipinski definition) is 1. The Balaban J connectivity index is 1.46. The van der Waals surface area contributed by atoms with E-state index in [1.807, 2.05) is 30.0 Å². The summed E-state index contributed by atoms with van der Waals surface area (Å²) in [5, 5.41) is 3.45. The number of likely N-dealkylation sites (N-methyl/N-ethyl adjacent to an activating group) is 1. The molecule has 1 fully saturated rings. The summed E-state index contributed by atoms with van der Waals surface area (Å²) in [5.41, 5.74) is 1.99. The Morgan fingerprint density at radius 1 is 1.06 bits per heavy atom. The molecule has 0 aromatic heterocycles. The first kappa shape index (κ1) is 23.3.